The molecule has 2 rings (SSSR count). The quantitative estimate of drug-likeness (QED) is 0.723. The molecule has 0 amide bonds. The highest BCUT2D eigenvalue weighted by Crippen LogP contribution is 2.31. The minimum atomic E-state index is 0.466. The molecule has 2 nitrogen and oxygen atoms in total. The molecule has 4 heteroatoms. The third kappa shape index (κ3) is 1.55. The zero-order valence-electron chi connectivity index (χ0n) is 6.50. The van der Waals surface area contributed by atoms with Gasteiger partial charge >= 0.3 is 0 Å². The average molecular weight is 214 g/mol. The fraction of sp³-hybridized carbons (Fsp3) is 0. The summed E-state index contributed by atoms with van der Waals surface area (Å²) in [5.41, 5.74) is 1.36. The second kappa shape index (κ2) is 3.40. The van der Waals surface area contributed by atoms with Crippen LogP contribution in [0.25, 0.3) is 11.3 Å². The first-order valence-corrected chi connectivity index (χ1v) is 4.39. The zero-order chi connectivity index (χ0) is 9.26. The molecule has 1 aromatic heterocycles. The molecule has 1 heterocycles. The van der Waals surface area contributed by atoms with Crippen LogP contribution in [0.15, 0.2) is 35.1 Å². The average Bonchev–Trinajstić information content (AvgIpc) is 2.52. The summed E-state index contributed by atoms with van der Waals surface area (Å²) in [5.74, 6) is 0. The standard InChI is InChI=1S/C9H5Cl2NO/c10-7-4-2-1-3-6(7)9-8(11)5-13-12-9/h1-5H. The third-order valence-electron chi connectivity index (χ3n) is 1.66. The number of halogens is 2. The Labute approximate surface area is 85.1 Å². The van der Waals surface area contributed by atoms with Crippen molar-refractivity contribution in [3.8, 4) is 11.3 Å². The smallest absolute Gasteiger partial charge is 0.143 e. The molecule has 2 aromatic rings. The predicted molar refractivity (Wildman–Crippen MR) is 52.0 cm³/mol. The summed E-state index contributed by atoms with van der Waals surface area (Å²) >= 11 is 11.8. The van der Waals surface area contributed by atoms with Gasteiger partial charge in [-0.1, -0.05) is 46.6 Å². The van der Waals surface area contributed by atoms with E-state index in [4.69, 9.17) is 27.7 Å². The van der Waals surface area contributed by atoms with Crippen LogP contribution in [-0.4, -0.2) is 5.16 Å². The van der Waals surface area contributed by atoms with Gasteiger partial charge in [-0.05, 0) is 6.07 Å². The lowest BCUT2D eigenvalue weighted by Gasteiger charge is -1.98. The van der Waals surface area contributed by atoms with Crippen molar-refractivity contribution in [2.75, 3.05) is 0 Å². The van der Waals surface area contributed by atoms with Crippen molar-refractivity contribution in [2.24, 2.45) is 0 Å². The molecule has 0 radical (unpaired) electrons. The lowest BCUT2D eigenvalue weighted by Crippen LogP contribution is -1.78. The number of benzene rings is 1. The Morgan fingerprint density at radius 1 is 1.08 bits per heavy atom. The highest BCUT2D eigenvalue weighted by Gasteiger charge is 2.10. The number of hydrogen-bond donors (Lipinski definition) is 0. The highest BCUT2D eigenvalue weighted by molar-refractivity contribution is 6.36. The molecule has 0 N–H and O–H groups in total. The van der Waals surface area contributed by atoms with Crippen molar-refractivity contribution >= 4 is 23.2 Å². The molecular weight excluding hydrogens is 209 g/mol. The van der Waals surface area contributed by atoms with E-state index in [1.165, 1.54) is 6.26 Å². The molecule has 66 valence electrons. The van der Waals surface area contributed by atoms with E-state index < -0.39 is 0 Å². The van der Waals surface area contributed by atoms with E-state index in [0.717, 1.165) is 5.56 Å². The van der Waals surface area contributed by atoms with Gasteiger partial charge in [-0.2, -0.15) is 0 Å². The molecule has 0 unspecified atom stereocenters. The van der Waals surface area contributed by atoms with Crippen LogP contribution in [-0.2, 0) is 0 Å². The van der Waals surface area contributed by atoms with Gasteiger partial charge in [0.2, 0.25) is 0 Å². The van der Waals surface area contributed by atoms with Gasteiger partial charge < -0.3 is 4.52 Å². The molecule has 0 aliphatic rings. The Bertz CT molecular complexity index is 425. The second-order valence-electron chi connectivity index (χ2n) is 2.49. The number of aromatic nitrogens is 1. The number of nitrogens with zero attached hydrogens (tertiary/aromatic N) is 1. The molecule has 0 spiro atoms. The maximum absolute atomic E-state index is 5.95. The maximum Gasteiger partial charge on any atom is 0.143 e. The van der Waals surface area contributed by atoms with E-state index >= 15 is 0 Å². The van der Waals surface area contributed by atoms with Crippen molar-refractivity contribution in [1.29, 1.82) is 0 Å². The van der Waals surface area contributed by atoms with Crippen LogP contribution in [0.4, 0.5) is 0 Å². The van der Waals surface area contributed by atoms with Crippen LogP contribution in [0.1, 0.15) is 0 Å². The lowest BCUT2D eigenvalue weighted by molar-refractivity contribution is 0.422. The van der Waals surface area contributed by atoms with E-state index in [0.29, 0.717) is 15.7 Å². The van der Waals surface area contributed by atoms with E-state index in [9.17, 15) is 0 Å². The van der Waals surface area contributed by atoms with Crippen LogP contribution in [0.5, 0.6) is 0 Å². The third-order valence-corrected chi connectivity index (χ3v) is 2.25. The van der Waals surface area contributed by atoms with E-state index in [1.54, 1.807) is 6.07 Å². The van der Waals surface area contributed by atoms with Crippen molar-refractivity contribution in [2.45, 2.75) is 0 Å². The Hall–Kier alpha value is -0.990. The first-order valence-electron chi connectivity index (χ1n) is 3.64. The van der Waals surface area contributed by atoms with Crippen molar-refractivity contribution in [1.82, 2.24) is 5.16 Å². The first-order chi connectivity index (χ1) is 6.29. The minimum Gasteiger partial charge on any atom is -0.363 e. The molecule has 0 aliphatic heterocycles. The molecule has 1 aromatic carbocycles. The Kier molecular flexibility index (Phi) is 2.25. The largest absolute Gasteiger partial charge is 0.363 e. The van der Waals surface area contributed by atoms with Crippen molar-refractivity contribution in [3.63, 3.8) is 0 Å². The summed E-state index contributed by atoms with van der Waals surface area (Å²) in [4.78, 5) is 0. The summed E-state index contributed by atoms with van der Waals surface area (Å²) in [6.45, 7) is 0. The van der Waals surface area contributed by atoms with Gasteiger partial charge in [-0.25, -0.2) is 0 Å². The van der Waals surface area contributed by atoms with Gasteiger partial charge in [0.25, 0.3) is 0 Å². The topological polar surface area (TPSA) is 26.0 Å². The predicted octanol–water partition coefficient (Wildman–Crippen LogP) is 3.65. The molecule has 0 fully saturated rings. The first kappa shape index (κ1) is 8.60. The minimum absolute atomic E-state index is 0.466. The Balaban J connectivity index is 2.59. The molecule has 0 saturated carbocycles. The van der Waals surface area contributed by atoms with Gasteiger partial charge in [0.05, 0.1) is 5.02 Å². The summed E-state index contributed by atoms with van der Waals surface area (Å²) in [6, 6.07) is 7.33. The SMILES string of the molecule is Clc1ccccc1-c1nocc1Cl. The van der Waals surface area contributed by atoms with Gasteiger partial charge in [-0.15, -0.1) is 0 Å². The Morgan fingerprint density at radius 2 is 1.85 bits per heavy atom. The van der Waals surface area contributed by atoms with E-state index in [-0.39, 0.29) is 0 Å². The van der Waals surface area contributed by atoms with Crippen LogP contribution >= 0.6 is 23.2 Å². The number of hydrogen-bond acceptors (Lipinski definition) is 2. The fourth-order valence-corrected chi connectivity index (χ4v) is 1.46. The molecule has 0 bridgehead atoms. The normalized spacial score (nSPS) is 10.3. The Morgan fingerprint density at radius 3 is 2.46 bits per heavy atom. The summed E-state index contributed by atoms with van der Waals surface area (Å²) in [6.07, 6.45) is 1.38. The van der Waals surface area contributed by atoms with Crippen molar-refractivity contribution in [3.05, 3.63) is 40.6 Å². The van der Waals surface area contributed by atoms with Crippen molar-refractivity contribution < 1.29 is 4.52 Å². The molecule has 0 saturated heterocycles. The van der Waals surface area contributed by atoms with E-state index in [2.05, 4.69) is 5.16 Å². The van der Waals surface area contributed by atoms with Crippen LogP contribution < -0.4 is 0 Å². The van der Waals surface area contributed by atoms with Crippen LogP contribution in [0.2, 0.25) is 10.0 Å². The van der Waals surface area contributed by atoms with Gasteiger partial charge in [0, 0.05) is 5.56 Å². The molecule has 13 heavy (non-hydrogen) atoms. The number of rotatable bonds is 1. The van der Waals surface area contributed by atoms with Gasteiger partial charge in [0.15, 0.2) is 0 Å². The lowest BCUT2D eigenvalue weighted by atomic mass is 10.1. The molecule has 0 atom stereocenters. The maximum atomic E-state index is 5.95. The summed E-state index contributed by atoms with van der Waals surface area (Å²) in [7, 11) is 0. The van der Waals surface area contributed by atoms with Crippen LogP contribution in [0.3, 0.4) is 0 Å². The van der Waals surface area contributed by atoms with E-state index in [1.807, 2.05) is 18.2 Å². The fourth-order valence-electron chi connectivity index (χ4n) is 1.06. The zero-order valence-corrected chi connectivity index (χ0v) is 8.01. The summed E-state index contributed by atoms with van der Waals surface area (Å²) < 4.78 is 4.71. The summed E-state index contributed by atoms with van der Waals surface area (Å²) in [5, 5.41) is 4.83. The second-order valence-corrected chi connectivity index (χ2v) is 3.31. The molecular formula is C9H5Cl2NO. The van der Waals surface area contributed by atoms with Crippen LogP contribution in [0, 0.1) is 0 Å². The van der Waals surface area contributed by atoms with Gasteiger partial charge in [0.1, 0.15) is 17.0 Å². The molecule has 0 aliphatic carbocycles. The highest BCUT2D eigenvalue weighted by atomic mass is 35.5. The monoisotopic (exact) mass is 213 g/mol. The van der Waals surface area contributed by atoms with Gasteiger partial charge in [-0.3, -0.25) is 0 Å².